The van der Waals surface area contributed by atoms with Crippen LogP contribution in [0.25, 0.3) is 0 Å². The molecule has 0 fully saturated rings. The molecule has 0 atom stereocenters. The van der Waals surface area contributed by atoms with Crippen LogP contribution in [0.1, 0.15) is 17.1 Å². The number of halogens is 2. The Kier molecular flexibility index (Phi) is 4.65. The maximum atomic E-state index is 12.1. The highest BCUT2D eigenvalue weighted by molar-refractivity contribution is 6.39. The summed E-state index contributed by atoms with van der Waals surface area (Å²) in [6.45, 7) is 3.37. The van der Waals surface area contributed by atoms with E-state index in [9.17, 15) is 9.59 Å². The fourth-order valence-corrected chi connectivity index (χ4v) is 2.41. The van der Waals surface area contributed by atoms with Gasteiger partial charge >= 0.3 is 0 Å². The second-order valence-corrected chi connectivity index (χ2v) is 5.35. The van der Waals surface area contributed by atoms with Crippen LogP contribution >= 0.6 is 23.2 Å². The SMILES string of the molecule is Cc1nc(C)c(CC(=O)Nc2c(Cl)cccc2Cl)c(=O)[nH]1. The molecule has 0 aliphatic rings. The largest absolute Gasteiger partial charge is 0.323 e. The van der Waals surface area contributed by atoms with E-state index in [2.05, 4.69) is 15.3 Å². The average Bonchev–Trinajstić information content (AvgIpc) is 2.38. The molecule has 2 rings (SSSR count). The summed E-state index contributed by atoms with van der Waals surface area (Å²) in [6, 6.07) is 4.92. The summed E-state index contributed by atoms with van der Waals surface area (Å²) >= 11 is 12.0. The van der Waals surface area contributed by atoms with Gasteiger partial charge in [0.1, 0.15) is 5.82 Å². The molecule has 0 saturated carbocycles. The van der Waals surface area contributed by atoms with Gasteiger partial charge in [0.25, 0.3) is 5.56 Å². The first-order valence-electron chi connectivity index (χ1n) is 6.18. The van der Waals surface area contributed by atoms with Gasteiger partial charge in [0, 0.05) is 11.3 Å². The zero-order valence-electron chi connectivity index (χ0n) is 11.5. The van der Waals surface area contributed by atoms with Crippen molar-refractivity contribution in [3.63, 3.8) is 0 Å². The molecule has 0 aliphatic heterocycles. The molecule has 0 radical (unpaired) electrons. The summed E-state index contributed by atoms with van der Waals surface area (Å²) < 4.78 is 0. The van der Waals surface area contributed by atoms with Crippen molar-refractivity contribution in [2.45, 2.75) is 20.3 Å². The summed E-state index contributed by atoms with van der Waals surface area (Å²) in [4.78, 5) is 30.6. The molecular formula is C14H13Cl2N3O2. The molecule has 7 heteroatoms. The van der Waals surface area contributed by atoms with Crippen molar-refractivity contribution < 1.29 is 4.79 Å². The van der Waals surface area contributed by atoms with Crippen LogP contribution in [0.4, 0.5) is 5.69 Å². The predicted molar refractivity (Wildman–Crippen MR) is 83.1 cm³/mol. The van der Waals surface area contributed by atoms with E-state index in [1.165, 1.54) is 0 Å². The number of para-hydroxylation sites is 1. The molecule has 1 aromatic heterocycles. The fraction of sp³-hybridized carbons (Fsp3) is 0.214. The van der Waals surface area contributed by atoms with E-state index in [1.54, 1.807) is 32.0 Å². The number of carbonyl (C=O) groups excluding carboxylic acids is 1. The molecule has 21 heavy (non-hydrogen) atoms. The van der Waals surface area contributed by atoms with Crippen LogP contribution in [0.15, 0.2) is 23.0 Å². The van der Waals surface area contributed by atoms with Crippen LogP contribution in [-0.2, 0) is 11.2 Å². The third-order valence-corrected chi connectivity index (χ3v) is 3.54. The minimum atomic E-state index is -0.385. The second kappa shape index (κ2) is 6.28. The lowest BCUT2D eigenvalue weighted by Gasteiger charge is -2.10. The number of H-pyrrole nitrogens is 1. The normalized spacial score (nSPS) is 10.5. The van der Waals surface area contributed by atoms with E-state index in [1.807, 2.05) is 0 Å². The van der Waals surface area contributed by atoms with Crippen molar-refractivity contribution >= 4 is 34.8 Å². The molecule has 1 heterocycles. The number of nitrogens with zero attached hydrogens (tertiary/aromatic N) is 1. The number of aryl methyl sites for hydroxylation is 2. The monoisotopic (exact) mass is 325 g/mol. The Morgan fingerprint density at radius 2 is 1.90 bits per heavy atom. The van der Waals surface area contributed by atoms with Crippen LogP contribution in [-0.4, -0.2) is 15.9 Å². The molecule has 2 N–H and O–H groups in total. The van der Waals surface area contributed by atoms with Crippen molar-refractivity contribution in [3.8, 4) is 0 Å². The number of hydrogen-bond donors (Lipinski definition) is 2. The number of aromatic nitrogens is 2. The molecule has 2 aromatic rings. The first-order chi connectivity index (χ1) is 9.88. The second-order valence-electron chi connectivity index (χ2n) is 4.54. The van der Waals surface area contributed by atoms with Crippen molar-refractivity contribution in [1.82, 2.24) is 9.97 Å². The zero-order valence-corrected chi connectivity index (χ0v) is 13.0. The van der Waals surface area contributed by atoms with Crippen LogP contribution in [0, 0.1) is 13.8 Å². The zero-order chi connectivity index (χ0) is 15.6. The Balaban J connectivity index is 2.22. The van der Waals surface area contributed by atoms with Gasteiger partial charge in [-0.05, 0) is 26.0 Å². The summed E-state index contributed by atoms with van der Waals surface area (Å²) in [7, 11) is 0. The summed E-state index contributed by atoms with van der Waals surface area (Å²) in [5, 5.41) is 3.29. The minimum absolute atomic E-state index is 0.101. The van der Waals surface area contributed by atoms with Crippen molar-refractivity contribution in [2.75, 3.05) is 5.32 Å². The average molecular weight is 326 g/mol. The summed E-state index contributed by atoms with van der Waals surface area (Å²) in [5.74, 6) is 0.125. The van der Waals surface area contributed by atoms with Gasteiger partial charge in [0.15, 0.2) is 0 Å². The number of aromatic amines is 1. The molecule has 5 nitrogen and oxygen atoms in total. The molecule has 0 unspecified atom stereocenters. The highest BCUT2D eigenvalue weighted by atomic mass is 35.5. The molecule has 0 spiro atoms. The van der Waals surface area contributed by atoms with Crippen LogP contribution in [0.5, 0.6) is 0 Å². The molecular weight excluding hydrogens is 313 g/mol. The quantitative estimate of drug-likeness (QED) is 0.911. The standard InChI is InChI=1S/C14H13Cl2N3O2/c1-7-9(14(21)18-8(2)17-7)6-12(20)19-13-10(15)4-3-5-11(13)16/h3-5H,6H2,1-2H3,(H,19,20)(H,17,18,21). The van der Waals surface area contributed by atoms with Crippen molar-refractivity contribution in [2.24, 2.45) is 0 Å². The van der Waals surface area contributed by atoms with Gasteiger partial charge in [0.05, 0.1) is 22.2 Å². The fourth-order valence-electron chi connectivity index (χ4n) is 1.92. The maximum Gasteiger partial charge on any atom is 0.254 e. The Labute approximate surface area is 131 Å². The van der Waals surface area contributed by atoms with Gasteiger partial charge in [0.2, 0.25) is 5.91 Å². The Bertz CT molecular complexity index is 736. The van der Waals surface area contributed by atoms with E-state index in [-0.39, 0.29) is 17.9 Å². The smallest absolute Gasteiger partial charge is 0.254 e. The molecule has 0 aliphatic carbocycles. The molecule has 0 bridgehead atoms. The predicted octanol–water partition coefficient (Wildman–Crippen LogP) is 2.87. The van der Waals surface area contributed by atoms with E-state index < -0.39 is 0 Å². The van der Waals surface area contributed by atoms with Gasteiger partial charge in [-0.25, -0.2) is 4.98 Å². The van der Waals surface area contributed by atoms with Gasteiger partial charge in [-0.3, -0.25) is 9.59 Å². The van der Waals surface area contributed by atoms with Crippen molar-refractivity contribution in [3.05, 3.63) is 55.7 Å². The van der Waals surface area contributed by atoms with Crippen LogP contribution in [0.2, 0.25) is 10.0 Å². The minimum Gasteiger partial charge on any atom is -0.323 e. The lowest BCUT2D eigenvalue weighted by molar-refractivity contribution is -0.115. The molecule has 1 amide bonds. The topological polar surface area (TPSA) is 74.8 Å². The first kappa shape index (κ1) is 15.5. The van der Waals surface area contributed by atoms with E-state index >= 15 is 0 Å². The third kappa shape index (κ3) is 3.62. The van der Waals surface area contributed by atoms with Gasteiger partial charge < -0.3 is 10.3 Å². The third-order valence-electron chi connectivity index (χ3n) is 2.91. The number of rotatable bonds is 3. The van der Waals surface area contributed by atoms with E-state index in [4.69, 9.17) is 23.2 Å². The van der Waals surface area contributed by atoms with Gasteiger partial charge in [-0.1, -0.05) is 29.3 Å². The number of nitrogens with one attached hydrogen (secondary N) is 2. The van der Waals surface area contributed by atoms with E-state index in [0.29, 0.717) is 32.8 Å². The molecule has 110 valence electrons. The Hall–Kier alpha value is -1.85. The highest BCUT2D eigenvalue weighted by Crippen LogP contribution is 2.29. The highest BCUT2D eigenvalue weighted by Gasteiger charge is 2.14. The lowest BCUT2D eigenvalue weighted by Crippen LogP contribution is -2.24. The lowest BCUT2D eigenvalue weighted by atomic mass is 10.1. The number of amides is 1. The van der Waals surface area contributed by atoms with Crippen LogP contribution < -0.4 is 10.9 Å². The summed E-state index contributed by atoms with van der Waals surface area (Å²) in [6.07, 6.45) is -0.101. The Morgan fingerprint density at radius 1 is 1.29 bits per heavy atom. The van der Waals surface area contributed by atoms with Crippen LogP contribution in [0.3, 0.4) is 0 Å². The number of benzene rings is 1. The summed E-state index contributed by atoms with van der Waals surface area (Å²) in [5.41, 5.74) is 0.860. The van der Waals surface area contributed by atoms with E-state index in [0.717, 1.165) is 0 Å². The maximum absolute atomic E-state index is 12.1. The molecule has 1 aromatic carbocycles. The number of carbonyl (C=O) groups is 1. The van der Waals surface area contributed by atoms with Crippen molar-refractivity contribution in [1.29, 1.82) is 0 Å². The first-order valence-corrected chi connectivity index (χ1v) is 6.94. The number of hydrogen-bond acceptors (Lipinski definition) is 3. The molecule has 0 saturated heterocycles. The Morgan fingerprint density at radius 3 is 2.48 bits per heavy atom. The number of anilines is 1. The van der Waals surface area contributed by atoms with Gasteiger partial charge in [-0.15, -0.1) is 0 Å². The van der Waals surface area contributed by atoms with Gasteiger partial charge in [-0.2, -0.15) is 0 Å².